The normalized spacial score (nSPS) is 9.22. The fourth-order valence-electron chi connectivity index (χ4n) is 0.783. The number of carbonyl (C=O) groups is 4. The van der Waals surface area contributed by atoms with Gasteiger partial charge in [-0.15, -0.1) is 0 Å². The van der Waals surface area contributed by atoms with E-state index >= 15 is 0 Å². The second kappa shape index (κ2) is 8.97. The van der Waals surface area contributed by atoms with Crippen LogP contribution in [-0.2, 0) is 38.1 Å². The van der Waals surface area contributed by atoms with Crippen molar-refractivity contribution in [2.75, 3.05) is 20.5 Å². The minimum Gasteiger partial charge on any atom is -0.469 e. The molecule has 0 aromatic carbocycles. The Kier molecular flexibility index (Phi) is 7.91. The summed E-state index contributed by atoms with van der Waals surface area (Å²) >= 11 is 0. The summed E-state index contributed by atoms with van der Waals surface area (Å²) in [6.07, 6.45) is -1.14. The maximum atomic E-state index is 11.0. The van der Waals surface area contributed by atoms with E-state index in [1.807, 2.05) is 0 Å². The van der Waals surface area contributed by atoms with Crippen molar-refractivity contribution in [3.8, 4) is 0 Å². The molecular formula is C10H14O8. The van der Waals surface area contributed by atoms with E-state index in [1.165, 1.54) is 0 Å². The molecule has 0 aliphatic carbocycles. The van der Waals surface area contributed by atoms with Crippen LogP contribution in [0.15, 0.2) is 0 Å². The van der Waals surface area contributed by atoms with Gasteiger partial charge in [-0.2, -0.15) is 0 Å². The fraction of sp³-hybridized carbons (Fsp3) is 0.600. The monoisotopic (exact) mass is 262 g/mol. The molecule has 0 spiro atoms. The van der Waals surface area contributed by atoms with E-state index in [9.17, 15) is 19.2 Å². The zero-order chi connectivity index (χ0) is 14.0. The molecule has 0 atom stereocenters. The average Bonchev–Trinajstić information content (AvgIpc) is 2.28. The Morgan fingerprint density at radius 2 is 1.22 bits per heavy atom. The maximum Gasteiger partial charge on any atom is 0.320 e. The molecule has 0 aliphatic heterocycles. The Bertz CT molecular complexity index is 322. The lowest BCUT2D eigenvalue weighted by Gasteiger charge is -2.05. The van der Waals surface area contributed by atoms with Crippen LogP contribution in [0, 0.1) is 0 Å². The van der Waals surface area contributed by atoms with Crippen LogP contribution < -0.4 is 0 Å². The van der Waals surface area contributed by atoms with Gasteiger partial charge in [0.2, 0.25) is 6.79 Å². The third-order valence-corrected chi connectivity index (χ3v) is 1.55. The number of ether oxygens (including phenoxy) is 4. The first-order valence-corrected chi connectivity index (χ1v) is 5.03. The Morgan fingerprint density at radius 1 is 0.778 bits per heavy atom. The molecule has 0 aliphatic rings. The van der Waals surface area contributed by atoms with Gasteiger partial charge in [-0.05, 0) is 6.92 Å². The van der Waals surface area contributed by atoms with Crippen molar-refractivity contribution in [2.45, 2.75) is 19.8 Å². The highest BCUT2D eigenvalue weighted by Gasteiger charge is 2.14. The fourth-order valence-corrected chi connectivity index (χ4v) is 0.783. The second-order valence-electron chi connectivity index (χ2n) is 2.89. The van der Waals surface area contributed by atoms with Crippen molar-refractivity contribution >= 4 is 23.9 Å². The Morgan fingerprint density at radius 3 is 1.67 bits per heavy atom. The highest BCUT2D eigenvalue weighted by atomic mass is 16.7. The van der Waals surface area contributed by atoms with Crippen LogP contribution in [0.3, 0.4) is 0 Å². The first-order valence-electron chi connectivity index (χ1n) is 5.03. The standard InChI is InChI=1S/C10H14O8/c1-3-16-8(12)5-10(14)18-6-17-9(13)4-7(11)15-2/h3-6H2,1-2H3. The van der Waals surface area contributed by atoms with Gasteiger partial charge < -0.3 is 18.9 Å². The molecule has 0 bridgehead atoms. The molecule has 0 heterocycles. The SMILES string of the molecule is CCOC(=O)CC(=O)OCOC(=O)CC(=O)OC. The number of rotatable bonds is 7. The van der Waals surface area contributed by atoms with E-state index in [-0.39, 0.29) is 6.61 Å². The number of hydrogen-bond acceptors (Lipinski definition) is 8. The molecule has 0 radical (unpaired) electrons. The molecule has 102 valence electrons. The van der Waals surface area contributed by atoms with Crippen molar-refractivity contribution in [1.29, 1.82) is 0 Å². The number of carbonyl (C=O) groups excluding carboxylic acids is 4. The molecule has 0 aromatic heterocycles. The zero-order valence-corrected chi connectivity index (χ0v) is 10.1. The van der Waals surface area contributed by atoms with E-state index in [0.717, 1.165) is 7.11 Å². The smallest absolute Gasteiger partial charge is 0.320 e. The molecule has 0 rings (SSSR count). The van der Waals surface area contributed by atoms with E-state index in [2.05, 4.69) is 18.9 Å². The number of methoxy groups -OCH3 is 1. The third-order valence-electron chi connectivity index (χ3n) is 1.55. The van der Waals surface area contributed by atoms with Crippen LogP contribution in [-0.4, -0.2) is 44.4 Å². The molecule has 8 heteroatoms. The summed E-state index contributed by atoms with van der Waals surface area (Å²) in [5, 5.41) is 0. The lowest BCUT2D eigenvalue weighted by molar-refractivity contribution is -0.170. The third kappa shape index (κ3) is 8.08. The molecule has 8 nitrogen and oxygen atoms in total. The number of hydrogen-bond donors (Lipinski definition) is 0. The van der Waals surface area contributed by atoms with Gasteiger partial charge in [0.15, 0.2) is 0 Å². The van der Waals surface area contributed by atoms with Crippen LogP contribution in [0.1, 0.15) is 19.8 Å². The molecule has 0 amide bonds. The highest BCUT2D eigenvalue weighted by molar-refractivity contribution is 5.92. The van der Waals surface area contributed by atoms with Gasteiger partial charge in [0, 0.05) is 0 Å². The first kappa shape index (κ1) is 15.9. The molecule has 18 heavy (non-hydrogen) atoms. The quantitative estimate of drug-likeness (QED) is 0.263. The molecule has 0 saturated heterocycles. The molecule has 0 aromatic rings. The predicted molar refractivity (Wildman–Crippen MR) is 54.9 cm³/mol. The lowest BCUT2D eigenvalue weighted by atomic mass is 10.4. The summed E-state index contributed by atoms with van der Waals surface area (Å²) < 4.78 is 17.5. The van der Waals surface area contributed by atoms with Crippen LogP contribution in [0.25, 0.3) is 0 Å². The summed E-state index contributed by atoms with van der Waals surface area (Å²) in [5.41, 5.74) is 0. The minimum atomic E-state index is -0.897. The average molecular weight is 262 g/mol. The van der Waals surface area contributed by atoms with Crippen molar-refractivity contribution in [3.05, 3.63) is 0 Å². The molecular weight excluding hydrogens is 248 g/mol. The Balaban J connectivity index is 3.71. The molecule has 0 fully saturated rings. The van der Waals surface area contributed by atoms with Crippen LogP contribution >= 0.6 is 0 Å². The predicted octanol–water partition coefficient (Wildman–Crippen LogP) is -0.453. The topological polar surface area (TPSA) is 105 Å². The van der Waals surface area contributed by atoms with E-state index < -0.39 is 43.5 Å². The van der Waals surface area contributed by atoms with E-state index in [1.54, 1.807) is 6.92 Å². The largest absolute Gasteiger partial charge is 0.469 e. The van der Waals surface area contributed by atoms with Gasteiger partial charge in [0.25, 0.3) is 0 Å². The Hall–Kier alpha value is -2.12. The van der Waals surface area contributed by atoms with Crippen LogP contribution in [0.2, 0.25) is 0 Å². The van der Waals surface area contributed by atoms with Crippen molar-refractivity contribution < 1.29 is 38.1 Å². The van der Waals surface area contributed by atoms with E-state index in [4.69, 9.17) is 0 Å². The van der Waals surface area contributed by atoms with Crippen molar-refractivity contribution in [1.82, 2.24) is 0 Å². The summed E-state index contributed by atoms with van der Waals surface area (Å²) in [5.74, 6) is -3.29. The Labute approximate surface area is 103 Å². The van der Waals surface area contributed by atoms with Gasteiger partial charge in [0.1, 0.15) is 12.8 Å². The zero-order valence-electron chi connectivity index (χ0n) is 10.1. The van der Waals surface area contributed by atoms with Crippen LogP contribution in [0.5, 0.6) is 0 Å². The highest BCUT2D eigenvalue weighted by Crippen LogP contribution is 1.94. The van der Waals surface area contributed by atoms with Gasteiger partial charge in [-0.1, -0.05) is 0 Å². The van der Waals surface area contributed by atoms with Gasteiger partial charge in [-0.25, -0.2) is 0 Å². The van der Waals surface area contributed by atoms with E-state index in [0.29, 0.717) is 0 Å². The first-order chi connectivity index (χ1) is 8.49. The summed E-state index contributed by atoms with van der Waals surface area (Å²) in [6.45, 7) is 1.08. The molecule has 0 unspecified atom stereocenters. The molecule has 0 saturated carbocycles. The van der Waals surface area contributed by atoms with Gasteiger partial charge in [-0.3, -0.25) is 19.2 Å². The summed E-state index contributed by atoms with van der Waals surface area (Å²) in [6, 6.07) is 0. The second-order valence-corrected chi connectivity index (χ2v) is 2.89. The van der Waals surface area contributed by atoms with Crippen molar-refractivity contribution in [2.24, 2.45) is 0 Å². The van der Waals surface area contributed by atoms with Gasteiger partial charge in [0.05, 0.1) is 13.7 Å². The molecule has 0 N–H and O–H groups in total. The van der Waals surface area contributed by atoms with Gasteiger partial charge >= 0.3 is 23.9 Å². The van der Waals surface area contributed by atoms with Crippen molar-refractivity contribution in [3.63, 3.8) is 0 Å². The summed E-state index contributed by atoms with van der Waals surface area (Å²) in [4.78, 5) is 43.4. The lowest BCUT2D eigenvalue weighted by Crippen LogP contribution is -2.18. The summed E-state index contributed by atoms with van der Waals surface area (Å²) in [7, 11) is 1.12. The maximum absolute atomic E-state index is 11.0. The van der Waals surface area contributed by atoms with Crippen LogP contribution in [0.4, 0.5) is 0 Å². The number of esters is 4. The minimum absolute atomic E-state index is 0.153.